The largest absolute Gasteiger partial charge is 0.395 e. The van der Waals surface area contributed by atoms with Crippen LogP contribution in [0.3, 0.4) is 0 Å². The molecule has 1 aliphatic rings. The van der Waals surface area contributed by atoms with Crippen LogP contribution in [0.15, 0.2) is 18.3 Å². The summed E-state index contributed by atoms with van der Waals surface area (Å²) in [6.45, 7) is 10.4. The Balaban J connectivity index is 1.95. The van der Waals surface area contributed by atoms with Gasteiger partial charge < -0.3 is 15.3 Å². The van der Waals surface area contributed by atoms with Gasteiger partial charge in [0, 0.05) is 38.4 Å². The molecule has 2 rings (SSSR count). The second-order valence-corrected chi connectivity index (χ2v) is 5.63. The summed E-state index contributed by atoms with van der Waals surface area (Å²) >= 11 is 0. The average molecular weight is 292 g/mol. The molecule has 1 saturated heterocycles. The van der Waals surface area contributed by atoms with Gasteiger partial charge in [-0.25, -0.2) is 4.98 Å². The first kappa shape index (κ1) is 16.2. The summed E-state index contributed by atoms with van der Waals surface area (Å²) in [6.07, 6.45) is 3.11. The molecule has 1 aromatic heterocycles. The van der Waals surface area contributed by atoms with Gasteiger partial charge in [-0.2, -0.15) is 0 Å². The van der Waals surface area contributed by atoms with Gasteiger partial charge in [0.25, 0.3) is 0 Å². The molecule has 0 saturated carbocycles. The molecule has 5 nitrogen and oxygen atoms in total. The number of β-amino-alcohol motifs (C(OH)–C–C–N with tert-alkyl or cyclic N) is 1. The van der Waals surface area contributed by atoms with E-state index >= 15 is 0 Å². The van der Waals surface area contributed by atoms with Gasteiger partial charge in [0.1, 0.15) is 5.82 Å². The van der Waals surface area contributed by atoms with E-state index in [0.717, 1.165) is 51.5 Å². The normalized spacial score (nSPS) is 18.5. The Morgan fingerprint density at radius 1 is 1.29 bits per heavy atom. The summed E-state index contributed by atoms with van der Waals surface area (Å²) in [5.74, 6) is 1.06. The summed E-state index contributed by atoms with van der Waals surface area (Å²) < 4.78 is 0. The highest BCUT2D eigenvalue weighted by Crippen LogP contribution is 2.17. The van der Waals surface area contributed by atoms with E-state index in [9.17, 15) is 0 Å². The van der Waals surface area contributed by atoms with E-state index in [1.807, 2.05) is 6.20 Å². The van der Waals surface area contributed by atoms with E-state index in [0.29, 0.717) is 6.04 Å². The third kappa shape index (κ3) is 4.66. The van der Waals surface area contributed by atoms with Crippen LogP contribution in [0.5, 0.6) is 0 Å². The lowest BCUT2D eigenvalue weighted by atomic mass is 10.1. The van der Waals surface area contributed by atoms with Crippen LogP contribution in [-0.2, 0) is 0 Å². The van der Waals surface area contributed by atoms with Crippen LogP contribution in [0.1, 0.15) is 31.9 Å². The van der Waals surface area contributed by atoms with Gasteiger partial charge in [-0.3, -0.25) is 4.90 Å². The maximum atomic E-state index is 9.05. The molecule has 0 radical (unpaired) electrons. The van der Waals surface area contributed by atoms with Crippen molar-refractivity contribution in [2.24, 2.45) is 0 Å². The summed E-state index contributed by atoms with van der Waals surface area (Å²) in [5, 5.41) is 12.5. The number of rotatable bonds is 6. The average Bonchev–Trinajstić information content (AvgIpc) is 2.74. The molecule has 5 heteroatoms. The molecule has 1 aromatic rings. The SMILES string of the molecule is CCNC(C)c1ccc(N2CCCN(CCO)CC2)nc1. The number of nitrogens with zero attached hydrogens (tertiary/aromatic N) is 3. The molecule has 0 spiro atoms. The highest BCUT2D eigenvalue weighted by molar-refractivity contribution is 5.40. The third-order valence-electron chi connectivity index (χ3n) is 4.11. The van der Waals surface area contributed by atoms with Crippen molar-refractivity contribution in [1.82, 2.24) is 15.2 Å². The van der Waals surface area contributed by atoms with Crippen molar-refractivity contribution < 1.29 is 5.11 Å². The Morgan fingerprint density at radius 2 is 2.14 bits per heavy atom. The molecule has 1 unspecified atom stereocenters. The maximum Gasteiger partial charge on any atom is 0.128 e. The maximum absolute atomic E-state index is 9.05. The standard InChI is InChI=1S/C16H28N4O/c1-3-17-14(2)15-5-6-16(18-13-15)20-8-4-7-19(9-10-20)11-12-21/h5-6,13-14,17,21H,3-4,7-12H2,1-2H3. The number of nitrogens with one attached hydrogen (secondary N) is 1. The van der Waals surface area contributed by atoms with Crippen molar-refractivity contribution >= 4 is 5.82 Å². The minimum absolute atomic E-state index is 0.245. The Labute approximate surface area is 128 Å². The first-order chi connectivity index (χ1) is 10.2. The van der Waals surface area contributed by atoms with E-state index in [-0.39, 0.29) is 6.61 Å². The van der Waals surface area contributed by atoms with Gasteiger partial charge in [0.2, 0.25) is 0 Å². The van der Waals surface area contributed by atoms with Crippen molar-refractivity contribution in [1.29, 1.82) is 0 Å². The fourth-order valence-electron chi connectivity index (χ4n) is 2.83. The molecule has 1 fully saturated rings. The van der Waals surface area contributed by atoms with Gasteiger partial charge in [-0.15, -0.1) is 0 Å². The topological polar surface area (TPSA) is 51.6 Å². The number of pyridine rings is 1. The minimum atomic E-state index is 0.245. The van der Waals surface area contributed by atoms with Crippen LogP contribution in [0.4, 0.5) is 5.82 Å². The van der Waals surface area contributed by atoms with Crippen LogP contribution in [0.2, 0.25) is 0 Å². The smallest absolute Gasteiger partial charge is 0.128 e. The predicted molar refractivity (Wildman–Crippen MR) is 86.7 cm³/mol. The lowest BCUT2D eigenvalue weighted by Crippen LogP contribution is -2.32. The molecule has 0 aliphatic carbocycles. The van der Waals surface area contributed by atoms with Crippen LogP contribution in [0, 0.1) is 0 Å². The number of aliphatic hydroxyl groups excluding tert-OH is 1. The highest BCUT2D eigenvalue weighted by atomic mass is 16.3. The number of aliphatic hydroxyl groups is 1. The molecule has 1 atom stereocenters. The van der Waals surface area contributed by atoms with Crippen LogP contribution in [-0.4, -0.2) is 60.9 Å². The highest BCUT2D eigenvalue weighted by Gasteiger charge is 2.15. The number of hydrogen-bond acceptors (Lipinski definition) is 5. The summed E-state index contributed by atoms with van der Waals surface area (Å²) in [4.78, 5) is 9.30. The Bertz CT molecular complexity index is 409. The van der Waals surface area contributed by atoms with Crippen molar-refractivity contribution in [2.45, 2.75) is 26.3 Å². The summed E-state index contributed by atoms with van der Waals surface area (Å²) in [6, 6.07) is 4.65. The van der Waals surface area contributed by atoms with Crippen LogP contribution in [0.25, 0.3) is 0 Å². The molecule has 2 N–H and O–H groups in total. The van der Waals surface area contributed by atoms with Crippen molar-refractivity contribution in [3.05, 3.63) is 23.9 Å². The van der Waals surface area contributed by atoms with Crippen molar-refractivity contribution in [3.8, 4) is 0 Å². The van der Waals surface area contributed by atoms with Crippen molar-refractivity contribution in [3.63, 3.8) is 0 Å². The van der Waals surface area contributed by atoms with E-state index in [2.05, 4.69) is 46.1 Å². The second kappa shape index (κ2) is 8.32. The number of anilines is 1. The van der Waals surface area contributed by atoms with Gasteiger partial charge in [0.15, 0.2) is 0 Å². The molecule has 1 aliphatic heterocycles. The first-order valence-electron chi connectivity index (χ1n) is 8.02. The summed E-state index contributed by atoms with van der Waals surface area (Å²) in [7, 11) is 0. The zero-order valence-electron chi connectivity index (χ0n) is 13.3. The third-order valence-corrected chi connectivity index (χ3v) is 4.11. The van der Waals surface area contributed by atoms with E-state index < -0.39 is 0 Å². The Hall–Kier alpha value is -1.17. The van der Waals surface area contributed by atoms with Gasteiger partial charge in [-0.05, 0) is 38.1 Å². The molecular formula is C16H28N4O. The second-order valence-electron chi connectivity index (χ2n) is 5.63. The molecular weight excluding hydrogens is 264 g/mol. The quantitative estimate of drug-likeness (QED) is 0.826. The lowest BCUT2D eigenvalue weighted by molar-refractivity contribution is 0.204. The lowest BCUT2D eigenvalue weighted by Gasteiger charge is -2.23. The Kier molecular flexibility index (Phi) is 6.42. The van der Waals surface area contributed by atoms with E-state index in [1.54, 1.807) is 0 Å². The van der Waals surface area contributed by atoms with Crippen molar-refractivity contribution in [2.75, 3.05) is 50.8 Å². The minimum Gasteiger partial charge on any atom is -0.395 e. The van der Waals surface area contributed by atoms with Gasteiger partial charge in [0.05, 0.1) is 6.61 Å². The molecule has 0 aromatic carbocycles. The van der Waals surface area contributed by atoms with Gasteiger partial charge in [-0.1, -0.05) is 13.0 Å². The van der Waals surface area contributed by atoms with Crippen LogP contribution >= 0.6 is 0 Å². The van der Waals surface area contributed by atoms with E-state index in [1.165, 1.54) is 5.56 Å². The van der Waals surface area contributed by atoms with Crippen LogP contribution < -0.4 is 10.2 Å². The molecule has 2 heterocycles. The first-order valence-corrected chi connectivity index (χ1v) is 8.02. The fraction of sp³-hybridized carbons (Fsp3) is 0.688. The monoisotopic (exact) mass is 292 g/mol. The Morgan fingerprint density at radius 3 is 2.81 bits per heavy atom. The molecule has 0 bridgehead atoms. The molecule has 21 heavy (non-hydrogen) atoms. The number of hydrogen-bond donors (Lipinski definition) is 2. The van der Waals surface area contributed by atoms with Gasteiger partial charge >= 0.3 is 0 Å². The van der Waals surface area contributed by atoms with E-state index in [4.69, 9.17) is 5.11 Å². The molecule has 0 amide bonds. The number of aromatic nitrogens is 1. The predicted octanol–water partition coefficient (Wildman–Crippen LogP) is 1.26. The zero-order chi connectivity index (χ0) is 15.1. The zero-order valence-corrected chi connectivity index (χ0v) is 13.3. The fourth-order valence-corrected chi connectivity index (χ4v) is 2.83. The summed E-state index contributed by atoms with van der Waals surface area (Å²) in [5.41, 5.74) is 1.23. The molecule has 118 valence electrons.